The standard InChI is InChI=1S/C9H12N2O2S/c12-8-7(5-10-9(13)11-8)6-1-3-14-4-2-6/h5-6H,1-4H2,(H2,10,11,12,13). The fraction of sp³-hybridized carbons (Fsp3) is 0.556. The highest BCUT2D eigenvalue weighted by Gasteiger charge is 2.18. The molecule has 0 atom stereocenters. The first-order valence-electron chi connectivity index (χ1n) is 4.67. The number of aromatic amines is 2. The van der Waals surface area contributed by atoms with Crippen LogP contribution in [0.5, 0.6) is 0 Å². The molecule has 2 heterocycles. The zero-order chi connectivity index (χ0) is 9.97. The van der Waals surface area contributed by atoms with Gasteiger partial charge in [-0.2, -0.15) is 11.8 Å². The van der Waals surface area contributed by atoms with E-state index in [1.54, 1.807) is 6.20 Å². The third kappa shape index (κ3) is 1.92. The van der Waals surface area contributed by atoms with Crippen LogP contribution in [0, 0.1) is 0 Å². The van der Waals surface area contributed by atoms with Gasteiger partial charge in [0.05, 0.1) is 0 Å². The van der Waals surface area contributed by atoms with Gasteiger partial charge in [-0.3, -0.25) is 9.78 Å². The van der Waals surface area contributed by atoms with Crippen molar-refractivity contribution in [3.05, 3.63) is 32.6 Å². The summed E-state index contributed by atoms with van der Waals surface area (Å²) in [7, 11) is 0. The number of rotatable bonds is 1. The Balaban J connectivity index is 2.31. The third-order valence-electron chi connectivity index (χ3n) is 2.51. The van der Waals surface area contributed by atoms with Gasteiger partial charge >= 0.3 is 5.69 Å². The van der Waals surface area contributed by atoms with E-state index in [4.69, 9.17) is 0 Å². The highest BCUT2D eigenvalue weighted by molar-refractivity contribution is 7.99. The average Bonchev–Trinajstić information content (AvgIpc) is 2.19. The Kier molecular flexibility index (Phi) is 2.77. The number of nitrogens with one attached hydrogen (secondary N) is 2. The van der Waals surface area contributed by atoms with E-state index in [2.05, 4.69) is 9.97 Å². The van der Waals surface area contributed by atoms with Crippen molar-refractivity contribution in [2.45, 2.75) is 18.8 Å². The first-order valence-corrected chi connectivity index (χ1v) is 5.82. The second-order valence-electron chi connectivity index (χ2n) is 3.41. The first-order chi connectivity index (χ1) is 6.77. The number of H-pyrrole nitrogens is 2. The molecule has 0 unspecified atom stereocenters. The summed E-state index contributed by atoms with van der Waals surface area (Å²) in [5.41, 5.74) is 0.0690. The molecule has 0 spiro atoms. The molecule has 1 aliphatic rings. The topological polar surface area (TPSA) is 65.7 Å². The molecule has 0 radical (unpaired) electrons. The summed E-state index contributed by atoms with van der Waals surface area (Å²) in [5.74, 6) is 2.52. The zero-order valence-electron chi connectivity index (χ0n) is 7.71. The van der Waals surface area contributed by atoms with E-state index in [0.717, 1.165) is 29.9 Å². The van der Waals surface area contributed by atoms with E-state index in [0.29, 0.717) is 5.92 Å². The lowest BCUT2D eigenvalue weighted by Gasteiger charge is -2.20. The van der Waals surface area contributed by atoms with Gasteiger partial charge in [-0.15, -0.1) is 0 Å². The summed E-state index contributed by atoms with van der Waals surface area (Å²) >= 11 is 1.92. The fourth-order valence-corrected chi connectivity index (χ4v) is 2.84. The van der Waals surface area contributed by atoms with Crippen molar-refractivity contribution >= 4 is 11.8 Å². The molecule has 0 amide bonds. The van der Waals surface area contributed by atoms with Crippen LogP contribution < -0.4 is 11.2 Å². The van der Waals surface area contributed by atoms with Crippen LogP contribution in [0.4, 0.5) is 0 Å². The van der Waals surface area contributed by atoms with E-state index in [1.165, 1.54) is 0 Å². The molecule has 1 saturated heterocycles. The van der Waals surface area contributed by atoms with Crippen LogP contribution in [0.3, 0.4) is 0 Å². The Morgan fingerprint density at radius 3 is 2.64 bits per heavy atom. The SMILES string of the molecule is O=c1[nH]cc(C2CCSCC2)c(=O)[nH]1. The van der Waals surface area contributed by atoms with Gasteiger partial charge in [0.2, 0.25) is 0 Å². The van der Waals surface area contributed by atoms with E-state index >= 15 is 0 Å². The van der Waals surface area contributed by atoms with Gasteiger partial charge in [0.25, 0.3) is 5.56 Å². The van der Waals surface area contributed by atoms with Crippen molar-refractivity contribution in [2.24, 2.45) is 0 Å². The van der Waals surface area contributed by atoms with Gasteiger partial charge in [0, 0.05) is 11.8 Å². The van der Waals surface area contributed by atoms with Gasteiger partial charge in [-0.05, 0) is 30.3 Å². The van der Waals surface area contributed by atoms with E-state index in [9.17, 15) is 9.59 Å². The Morgan fingerprint density at radius 1 is 1.29 bits per heavy atom. The number of thioether (sulfide) groups is 1. The van der Waals surface area contributed by atoms with Crippen LogP contribution in [0.1, 0.15) is 24.3 Å². The second kappa shape index (κ2) is 4.04. The summed E-state index contributed by atoms with van der Waals surface area (Å²) in [4.78, 5) is 27.0. The van der Waals surface area contributed by atoms with Crippen molar-refractivity contribution in [3.8, 4) is 0 Å². The Bertz CT molecular complexity index is 417. The summed E-state index contributed by atoms with van der Waals surface area (Å²) in [5, 5.41) is 0. The predicted octanol–water partition coefficient (Wildman–Crippen LogP) is 0.674. The Morgan fingerprint density at radius 2 is 2.00 bits per heavy atom. The quantitative estimate of drug-likeness (QED) is 0.719. The zero-order valence-corrected chi connectivity index (χ0v) is 8.52. The summed E-state index contributed by atoms with van der Waals surface area (Å²) in [6.45, 7) is 0. The molecular formula is C9H12N2O2S. The van der Waals surface area contributed by atoms with Crippen LogP contribution in [0.15, 0.2) is 15.8 Å². The molecule has 14 heavy (non-hydrogen) atoms. The minimum atomic E-state index is -0.427. The number of hydrogen-bond acceptors (Lipinski definition) is 3. The van der Waals surface area contributed by atoms with Crippen molar-refractivity contribution in [1.29, 1.82) is 0 Å². The molecule has 1 aliphatic heterocycles. The number of hydrogen-bond donors (Lipinski definition) is 2. The third-order valence-corrected chi connectivity index (χ3v) is 3.56. The maximum Gasteiger partial charge on any atom is 0.325 e. The normalized spacial score (nSPS) is 18.3. The van der Waals surface area contributed by atoms with Gasteiger partial charge in [0.1, 0.15) is 0 Å². The fourth-order valence-electron chi connectivity index (χ4n) is 1.73. The van der Waals surface area contributed by atoms with Crippen molar-refractivity contribution in [3.63, 3.8) is 0 Å². The molecule has 1 fully saturated rings. The van der Waals surface area contributed by atoms with Gasteiger partial charge < -0.3 is 4.98 Å². The summed E-state index contributed by atoms with van der Waals surface area (Å²) in [6, 6.07) is 0. The maximum absolute atomic E-state index is 11.5. The molecule has 0 aliphatic carbocycles. The van der Waals surface area contributed by atoms with Crippen LogP contribution in [0.2, 0.25) is 0 Å². The molecular weight excluding hydrogens is 200 g/mol. The van der Waals surface area contributed by atoms with Crippen molar-refractivity contribution in [1.82, 2.24) is 9.97 Å². The van der Waals surface area contributed by atoms with Gasteiger partial charge in [-0.25, -0.2) is 4.79 Å². The average molecular weight is 212 g/mol. The molecule has 1 aromatic rings. The molecule has 0 aromatic carbocycles. The lowest BCUT2D eigenvalue weighted by molar-refractivity contribution is 0.624. The molecule has 1 aromatic heterocycles. The Labute approximate surface area is 85.1 Å². The van der Waals surface area contributed by atoms with Crippen LogP contribution in [-0.4, -0.2) is 21.5 Å². The minimum Gasteiger partial charge on any atom is -0.314 e. The van der Waals surface area contributed by atoms with Gasteiger partial charge in [-0.1, -0.05) is 0 Å². The van der Waals surface area contributed by atoms with Crippen LogP contribution in [0.25, 0.3) is 0 Å². The van der Waals surface area contributed by atoms with Crippen LogP contribution >= 0.6 is 11.8 Å². The highest BCUT2D eigenvalue weighted by atomic mass is 32.2. The summed E-state index contributed by atoms with van der Waals surface area (Å²) in [6.07, 6.45) is 3.61. The Hall–Kier alpha value is -0.970. The van der Waals surface area contributed by atoms with Gasteiger partial charge in [0.15, 0.2) is 0 Å². The highest BCUT2D eigenvalue weighted by Crippen LogP contribution is 2.28. The molecule has 0 bridgehead atoms. The molecule has 2 rings (SSSR count). The van der Waals surface area contributed by atoms with Crippen molar-refractivity contribution < 1.29 is 0 Å². The summed E-state index contributed by atoms with van der Waals surface area (Å²) < 4.78 is 0. The first kappa shape index (κ1) is 9.58. The molecule has 5 heteroatoms. The minimum absolute atomic E-state index is 0.231. The number of aromatic nitrogens is 2. The monoisotopic (exact) mass is 212 g/mol. The molecule has 4 nitrogen and oxygen atoms in total. The van der Waals surface area contributed by atoms with E-state index in [1.807, 2.05) is 11.8 Å². The predicted molar refractivity (Wildman–Crippen MR) is 57.0 cm³/mol. The molecule has 2 N–H and O–H groups in total. The lowest BCUT2D eigenvalue weighted by atomic mass is 9.96. The second-order valence-corrected chi connectivity index (χ2v) is 4.64. The largest absolute Gasteiger partial charge is 0.325 e. The van der Waals surface area contributed by atoms with E-state index < -0.39 is 5.69 Å². The van der Waals surface area contributed by atoms with Crippen molar-refractivity contribution in [2.75, 3.05) is 11.5 Å². The lowest BCUT2D eigenvalue weighted by Crippen LogP contribution is -2.27. The van der Waals surface area contributed by atoms with E-state index in [-0.39, 0.29) is 5.56 Å². The molecule has 0 saturated carbocycles. The van der Waals surface area contributed by atoms with Crippen LogP contribution in [-0.2, 0) is 0 Å². The smallest absolute Gasteiger partial charge is 0.314 e. The maximum atomic E-state index is 11.5. The molecule has 76 valence electrons.